The second-order valence-electron chi connectivity index (χ2n) is 9.46. The van der Waals surface area contributed by atoms with Crippen molar-refractivity contribution in [3.8, 4) is 22.6 Å². The van der Waals surface area contributed by atoms with Crippen molar-refractivity contribution in [1.29, 1.82) is 0 Å². The van der Waals surface area contributed by atoms with Crippen LogP contribution in [0.5, 0.6) is 5.75 Å². The van der Waals surface area contributed by atoms with Crippen LogP contribution < -0.4 is 15.6 Å². The number of hydrogen-bond donors (Lipinski definition) is 1. The molecule has 0 radical (unpaired) electrons. The Kier molecular flexibility index (Phi) is 5.70. The standard InChI is InChI=1S/C27H24F2N6O3/c1-30-25(36)20-14-34(12-15-3-4-15)24-22(16-5-8-19(9-6-16)38-27(28)29)26(37)35(32-23(20)24)18-7-10-21-17(11-18)13-33(2)31-21/h5-11,13-15,27H,3-4,12H2,1-2H3,(H,30,36). The maximum Gasteiger partial charge on any atom is 0.387 e. The number of amides is 1. The molecule has 9 nitrogen and oxygen atoms in total. The van der Waals surface area contributed by atoms with E-state index in [4.69, 9.17) is 5.10 Å². The third-order valence-electron chi connectivity index (χ3n) is 6.73. The molecule has 5 aromatic rings. The summed E-state index contributed by atoms with van der Waals surface area (Å²) in [4.78, 5) is 27.0. The van der Waals surface area contributed by atoms with E-state index in [0.29, 0.717) is 45.9 Å². The van der Waals surface area contributed by atoms with Crippen LogP contribution in [0.2, 0.25) is 0 Å². The molecule has 1 fully saturated rings. The lowest BCUT2D eigenvalue weighted by Crippen LogP contribution is -2.24. The lowest BCUT2D eigenvalue weighted by Gasteiger charge is -2.13. The zero-order chi connectivity index (χ0) is 26.6. The number of halogens is 2. The monoisotopic (exact) mass is 518 g/mol. The van der Waals surface area contributed by atoms with Gasteiger partial charge >= 0.3 is 6.61 Å². The summed E-state index contributed by atoms with van der Waals surface area (Å²) in [5.41, 5.74) is 2.94. The van der Waals surface area contributed by atoms with Crippen LogP contribution in [0.1, 0.15) is 23.2 Å². The summed E-state index contributed by atoms with van der Waals surface area (Å²) in [6, 6.07) is 11.3. The molecule has 38 heavy (non-hydrogen) atoms. The van der Waals surface area contributed by atoms with Gasteiger partial charge in [-0.3, -0.25) is 14.3 Å². The van der Waals surface area contributed by atoms with Gasteiger partial charge in [0.2, 0.25) is 0 Å². The van der Waals surface area contributed by atoms with Crippen LogP contribution in [0.25, 0.3) is 38.8 Å². The minimum Gasteiger partial charge on any atom is -0.435 e. The number of ether oxygens (including phenoxy) is 1. The number of alkyl halides is 2. The number of benzene rings is 2. The van der Waals surface area contributed by atoms with Crippen molar-refractivity contribution in [3.63, 3.8) is 0 Å². The van der Waals surface area contributed by atoms with Gasteiger partial charge in [-0.1, -0.05) is 12.1 Å². The highest BCUT2D eigenvalue weighted by Crippen LogP contribution is 2.35. The molecule has 1 amide bonds. The molecule has 3 heterocycles. The second kappa shape index (κ2) is 9.09. The molecule has 1 N–H and O–H groups in total. The average molecular weight is 519 g/mol. The normalized spacial score (nSPS) is 13.5. The van der Waals surface area contributed by atoms with Crippen LogP contribution in [-0.2, 0) is 13.6 Å². The molecule has 0 aliphatic heterocycles. The number of nitrogens with one attached hydrogen (secondary N) is 1. The van der Waals surface area contributed by atoms with Gasteiger partial charge in [0, 0.05) is 38.4 Å². The Labute approximate surface area is 215 Å². The molecular formula is C27H24F2N6O3. The molecule has 0 atom stereocenters. The summed E-state index contributed by atoms with van der Waals surface area (Å²) in [7, 11) is 3.36. The number of nitrogens with zero attached hydrogens (tertiary/aromatic N) is 5. The largest absolute Gasteiger partial charge is 0.435 e. The van der Waals surface area contributed by atoms with Crippen molar-refractivity contribution in [3.05, 3.63) is 70.8 Å². The van der Waals surface area contributed by atoms with Gasteiger partial charge < -0.3 is 14.6 Å². The zero-order valence-electron chi connectivity index (χ0n) is 20.7. The third kappa shape index (κ3) is 4.19. The first-order valence-corrected chi connectivity index (χ1v) is 12.2. The van der Waals surface area contributed by atoms with Gasteiger partial charge in [0.25, 0.3) is 11.5 Å². The maximum atomic E-state index is 14.1. The molecule has 11 heteroatoms. The fraction of sp³-hybridized carbons (Fsp3) is 0.259. The molecular weight excluding hydrogens is 494 g/mol. The number of hydrogen-bond acceptors (Lipinski definition) is 5. The number of carbonyl (C=O) groups is 1. The molecule has 2 aromatic carbocycles. The van der Waals surface area contributed by atoms with E-state index in [0.717, 1.165) is 23.7 Å². The molecule has 1 saturated carbocycles. The van der Waals surface area contributed by atoms with Gasteiger partial charge in [-0.2, -0.15) is 23.7 Å². The Morgan fingerprint density at radius 2 is 1.89 bits per heavy atom. The Hall–Kier alpha value is -4.54. The first-order valence-electron chi connectivity index (χ1n) is 12.2. The zero-order valence-corrected chi connectivity index (χ0v) is 20.7. The van der Waals surface area contributed by atoms with Crippen LogP contribution in [-0.4, -0.2) is 43.7 Å². The second-order valence-corrected chi connectivity index (χ2v) is 9.46. The quantitative estimate of drug-likeness (QED) is 0.350. The molecule has 0 bridgehead atoms. The molecule has 194 valence electrons. The average Bonchev–Trinajstić information content (AvgIpc) is 3.53. The fourth-order valence-corrected chi connectivity index (χ4v) is 4.79. The van der Waals surface area contributed by atoms with Gasteiger partial charge in [0.05, 0.1) is 27.8 Å². The van der Waals surface area contributed by atoms with Crippen LogP contribution in [0.4, 0.5) is 8.78 Å². The molecule has 0 saturated heterocycles. The third-order valence-corrected chi connectivity index (χ3v) is 6.73. The number of fused-ring (bicyclic) bond motifs is 2. The van der Waals surface area contributed by atoms with Crippen LogP contribution >= 0.6 is 0 Å². The molecule has 1 aliphatic carbocycles. The summed E-state index contributed by atoms with van der Waals surface area (Å²) in [5.74, 6) is 0.112. The van der Waals surface area contributed by atoms with Gasteiger partial charge in [-0.15, -0.1) is 0 Å². The van der Waals surface area contributed by atoms with Crippen molar-refractivity contribution in [2.45, 2.75) is 26.0 Å². The minimum absolute atomic E-state index is 0.0178. The topological polar surface area (TPSA) is 96.0 Å². The van der Waals surface area contributed by atoms with E-state index >= 15 is 0 Å². The summed E-state index contributed by atoms with van der Waals surface area (Å²) >= 11 is 0. The van der Waals surface area contributed by atoms with E-state index in [2.05, 4.69) is 15.2 Å². The summed E-state index contributed by atoms with van der Waals surface area (Å²) in [6.45, 7) is -2.32. The van der Waals surface area contributed by atoms with Crippen molar-refractivity contribution in [2.75, 3.05) is 7.05 Å². The first kappa shape index (κ1) is 23.8. The van der Waals surface area contributed by atoms with Crippen molar-refractivity contribution in [2.24, 2.45) is 13.0 Å². The summed E-state index contributed by atoms with van der Waals surface area (Å²) in [6.07, 6.45) is 5.72. The predicted molar refractivity (Wildman–Crippen MR) is 138 cm³/mol. The predicted octanol–water partition coefficient (Wildman–Crippen LogP) is 4.11. The molecule has 6 rings (SSSR count). The van der Waals surface area contributed by atoms with E-state index < -0.39 is 12.2 Å². The molecule has 1 aliphatic rings. The molecule has 0 spiro atoms. The summed E-state index contributed by atoms with van der Waals surface area (Å²) < 4.78 is 34.8. The van der Waals surface area contributed by atoms with Gasteiger partial charge in [-0.25, -0.2) is 0 Å². The first-order chi connectivity index (χ1) is 18.3. The number of rotatable bonds is 7. The van der Waals surface area contributed by atoms with E-state index in [1.54, 1.807) is 42.2 Å². The van der Waals surface area contributed by atoms with Gasteiger partial charge in [0.15, 0.2) is 0 Å². The lowest BCUT2D eigenvalue weighted by molar-refractivity contribution is -0.0498. The van der Waals surface area contributed by atoms with Crippen molar-refractivity contribution in [1.82, 2.24) is 29.4 Å². The Bertz CT molecular complexity index is 1750. The van der Waals surface area contributed by atoms with Crippen molar-refractivity contribution >= 4 is 27.8 Å². The summed E-state index contributed by atoms with van der Waals surface area (Å²) in [5, 5.41) is 12.6. The van der Waals surface area contributed by atoms with E-state index in [1.165, 1.54) is 16.8 Å². The fourth-order valence-electron chi connectivity index (χ4n) is 4.79. The minimum atomic E-state index is -2.96. The van der Waals surface area contributed by atoms with Crippen molar-refractivity contribution < 1.29 is 18.3 Å². The van der Waals surface area contributed by atoms with Crippen LogP contribution in [0, 0.1) is 5.92 Å². The molecule has 3 aromatic heterocycles. The highest BCUT2D eigenvalue weighted by Gasteiger charge is 2.28. The Morgan fingerprint density at radius 3 is 2.58 bits per heavy atom. The SMILES string of the molecule is CNC(=O)c1cn(CC2CC2)c2c(-c3ccc(OC(F)F)cc3)c(=O)n(-c3ccc4nn(C)cc4c3)nc12. The maximum absolute atomic E-state index is 14.1. The van der Waals surface area contributed by atoms with Crippen LogP contribution in [0.15, 0.2) is 59.7 Å². The number of aromatic nitrogens is 5. The Morgan fingerprint density at radius 1 is 1.13 bits per heavy atom. The number of aryl methyl sites for hydroxylation is 1. The number of carbonyl (C=O) groups excluding carboxylic acids is 1. The van der Waals surface area contributed by atoms with E-state index in [9.17, 15) is 18.4 Å². The highest BCUT2D eigenvalue weighted by molar-refractivity contribution is 6.08. The smallest absolute Gasteiger partial charge is 0.387 e. The van der Waals surface area contributed by atoms with Crippen LogP contribution in [0.3, 0.4) is 0 Å². The van der Waals surface area contributed by atoms with Gasteiger partial charge in [-0.05, 0) is 54.7 Å². The highest BCUT2D eigenvalue weighted by atomic mass is 19.3. The van der Waals surface area contributed by atoms with Gasteiger partial charge in [0.1, 0.15) is 11.3 Å². The molecule has 0 unspecified atom stereocenters. The van der Waals surface area contributed by atoms with E-state index in [1.807, 2.05) is 23.9 Å². The Balaban J connectivity index is 1.64. The lowest BCUT2D eigenvalue weighted by atomic mass is 10.1. The van der Waals surface area contributed by atoms with E-state index in [-0.39, 0.29) is 11.7 Å².